The van der Waals surface area contributed by atoms with Gasteiger partial charge in [-0.3, -0.25) is 4.79 Å². The van der Waals surface area contributed by atoms with E-state index in [4.69, 9.17) is 22.1 Å². The van der Waals surface area contributed by atoms with Gasteiger partial charge in [-0.15, -0.1) is 0 Å². The SMILES string of the molecule is COc1ccc(S(=O)(=O)c2cnc(N3CCN(C=O)CC3)nc2N)cc1Cl. The van der Waals surface area contributed by atoms with Crippen molar-refractivity contribution >= 4 is 39.6 Å². The highest BCUT2D eigenvalue weighted by Gasteiger charge is 2.25. The lowest BCUT2D eigenvalue weighted by atomic mass is 10.3. The number of ether oxygens (including phenoxy) is 1. The lowest BCUT2D eigenvalue weighted by Crippen LogP contribution is -2.46. The summed E-state index contributed by atoms with van der Waals surface area (Å²) in [6.45, 7) is 2.16. The van der Waals surface area contributed by atoms with Gasteiger partial charge in [0.25, 0.3) is 0 Å². The molecule has 0 radical (unpaired) electrons. The summed E-state index contributed by atoms with van der Waals surface area (Å²) in [7, 11) is -2.50. The average Bonchev–Trinajstić information content (AvgIpc) is 2.67. The van der Waals surface area contributed by atoms with Crippen LogP contribution in [0.25, 0.3) is 0 Å². The Morgan fingerprint density at radius 3 is 2.52 bits per heavy atom. The van der Waals surface area contributed by atoms with Crippen LogP contribution in [-0.4, -0.2) is 63.0 Å². The van der Waals surface area contributed by atoms with E-state index in [1.54, 1.807) is 4.90 Å². The molecule has 1 saturated heterocycles. The molecule has 0 bridgehead atoms. The fourth-order valence-corrected chi connectivity index (χ4v) is 4.31. The number of rotatable bonds is 5. The summed E-state index contributed by atoms with van der Waals surface area (Å²) in [5.41, 5.74) is 5.92. The van der Waals surface area contributed by atoms with Crippen LogP contribution < -0.4 is 15.4 Å². The number of nitrogens with two attached hydrogens (primary N) is 1. The van der Waals surface area contributed by atoms with Gasteiger partial charge < -0.3 is 20.3 Å². The number of piperazine rings is 1. The smallest absolute Gasteiger partial charge is 0.227 e. The highest BCUT2D eigenvalue weighted by molar-refractivity contribution is 7.91. The summed E-state index contributed by atoms with van der Waals surface area (Å²) in [6, 6.07) is 4.14. The number of carbonyl (C=O) groups is 1. The number of anilines is 2. The van der Waals surface area contributed by atoms with E-state index in [0.717, 1.165) is 6.41 Å². The van der Waals surface area contributed by atoms with Crippen LogP contribution in [-0.2, 0) is 14.6 Å². The Labute approximate surface area is 161 Å². The molecule has 1 aromatic heterocycles. The lowest BCUT2D eigenvalue weighted by Gasteiger charge is -2.32. The molecule has 0 unspecified atom stereocenters. The van der Waals surface area contributed by atoms with E-state index >= 15 is 0 Å². The third-order valence-electron chi connectivity index (χ3n) is 4.24. The van der Waals surface area contributed by atoms with Gasteiger partial charge in [-0.25, -0.2) is 13.4 Å². The standard InChI is InChI=1S/C16H18ClN5O4S/c1-26-13-3-2-11(8-12(13)17)27(24,25)14-9-19-16(20-15(14)18)22-6-4-21(10-23)5-7-22/h2-3,8-10H,4-7H2,1H3,(H2,18,19,20). The first-order valence-electron chi connectivity index (χ1n) is 8.02. The molecule has 1 aliphatic heterocycles. The molecule has 2 N–H and O–H groups in total. The molecule has 0 aliphatic carbocycles. The van der Waals surface area contributed by atoms with Crippen molar-refractivity contribution in [2.24, 2.45) is 0 Å². The van der Waals surface area contributed by atoms with E-state index in [0.29, 0.717) is 37.9 Å². The molecule has 1 aliphatic rings. The fraction of sp³-hybridized carbons (Fsp3) is 0.312. The number of sulfone groups is 1. The predicted octanol–water partition coefficient (Wildman–Crippen LogP) is 0.832. The van der Waals surface area contributed by atoms with Crippen LogP contribution in [0.15, 0.2) is 34.2 Å². The topological polar surface area (TPSA) is 119 Å². The molecular formula is C16H18ClN5O4S. The minimum Gasteiger partial charge on any atom is -0.495 e. The van der Waals surface area contributed by atoms with Crippen LogP contribution in [0.4, 0.5) is 11.8 Å². The zero-order valence-electron chi connectivity index (χ0n) is 14.5. The van der Waals surface area contributed by atoms with Crippen LogP contribution in [0.5, 0.6) is 5.75 Å². The maximum Gasteiger partial charge on any atom is 0.227 e. The molecule has 0 atom stereocenters. The van der Waals surface area contributed by atoms with Crippen LogP contribution in [0.3, 0.4) is 0 Å². The zero-order valence-corrected chi connectivity index (χ0v) is 16.1. The molecule has 0 spiro atoms. The number of carbonyl (C=O) groups excluding carboxylic acids is 1. The Kier molecular flexibility index (Phi) is 5.38. The van der Waals surface area contributed by atoms with Gasteiger partial charge in [0, 0.05) is 26.2 Å². The molecule has 27 heavy (non-hydrogen) atoms. The summed E-state index contributed by atoms with van der Waals surface area (Å²) < 4.78 is 30.7. The van der Waals surface area contributed by atoms with Crippen LogP contribution >= 0.6 is 11.6 Å². The number of methoxy groups -OCH3 is 1. The van der Waals surface area contributed by atoms with Crippen molar-refractivity contribution in [3.8, 4) is 5.75 Å². The minimum absolute atomic E-state index is 0.0315. The number of aromatic nitrogens is 2. The van der Waals surface area contributed by atoms with Crippen molar-refractivity contribution in [1.82, 2.24) is 14.9 Å². The molecule has 11 heteroatoms. The van der Waals surface area contributed by atoms with Crippen molar-refractivity contribution in [3.63, 3.8) is 0 Å². The summed E-state index contributed by atoms with van der Waals surface area (Å²) in [6.07, 6.45) is 1.99. The molecule has 2 heterocycles. The molecule has 1 amide bonds. The van der Waals surface area contributed by atoms with E-state index in [-0.39, 0.29) is 20.6 Å². The number of benzene rings is 1. The number of hydrogen-bond donors (Lipinski definition) is 1. The van der Waals surface area contributed by atoms with E-state index in [9.17, 15) is 13.2 Å². The predicted molar refractivity (Wildman–Crippen MR) is 99.8 cm³/mol. The maximum atomic E-state index is 12.9. The molecule has 144 valence electrons. The first-order chi connectivity index (χ1) is 12.9. The minimum atomic E-state index is -3.94. The Balaban J connectivity index is 1.89. The van der Waals surface area contributed by atoms with Crippen LogP contribution in [0.1, 0.15) is 0 Å². The average molecular weight is 412 g/mol. The third kappa shape index (κ3) is 3.76. The zero-order chi connectivity index (χ0) is 19.6. The number of nitrogen functional groups attached to an aromatic ring is 1. The molecule has 9 nitrogen and oxygen atoms in total. The van der Waals surface area contributed by atoms with Crippen LogP contribution in [0.2, 0.25) is 5.02 Å². The highest BCUT2D eigenvalue weighted by atomic mass is 35.5. The second kappa shape index (κ2) is 7.57. The van der Waals surface area contributed by atoms with Gasteiger partial charge in [-0.05, 0) is 18.2 Å². The van der Waals surface area contributed by atoms with Gasteiger partial charge in [0.1, 0.15) is 16.5 Å². The number of hydrogen-bond acceptors (Lipinski definition) is 8. The third-order valence-corrected chi connectivity index (χ3v) is 6.30. The first-order valence-corrected chi connectivity index (χ1v) is 9.88. The van der Waals surface area contributed by atoms with Crippen molar-refractivity contribution in [3.05, 3.63) is 29.4 Å². The van der Waals surface area contributed by atoms with E-state index in [1.807, 2.05) is 4.90 Å². The first kappa shape index (κ1) is 19.2. The Morgan fingerprint density at radius 1 is 1.26 bits per heavy atom. The maximum absolute atomic E-state index is 12.9. The number of nitrogens with zero attached hydrogens (tertiary/aromatic N) is 4. The molecule has 1 aromatic carbocycles. The Bertz CT molecular complexity index is 961. The van der Waals surface area contributed by atoms with Crippen molar-refractivity contribution < 1.29 is 17.9 Å². The van der Waals surface area contributed by atoms with Gasteiger partial charge in [0.05, 0.1) is 23.2 Å². The summed E-state index contributed by atoms with van der Waals surface area (Å²) in [5, 5.41) is 0.169. The molecule has 3 rings (SSSR count). The van der Waals surface area contributed by atoms with Crippen molar-refractivity contribution in [2.45, 2.75) is 9.79 Å². The monoisotopic (exact) mass is 411 g/mol. The van der Waals surface area contributed by atoms with Crippen LogP contribution in [0, 0.1) is 0 Å². The molecule has 0 saturated carbocycles. The second-order valence-electron chi connectivity index (χ2n) is 5.85. The quantitative estimate of drug-likeness (QED) is 0.718. The van der Waals surface area contributed by atoms with Gasteiger partial charge in [-0.1, -0.05) is 11.6 Å². The summed E-state index contributed by atoms with van der Waals surface area (Å²) in [4.78, 5) is 22.3. The van der Waals surface area contributed by atoms with Crippen molar-refractivity contribution in [2.75, 3.05) is 43.9 Å². The highest BCUT2D eigenvalue weighted by Crippen LogP contribution is 2.31. The summed E-state index contributed by atoms with van der Waals surface area (Å²) in [5.74, 6) is 0.541. The second-order valence-corrected chi connectivity index (χ2v) is 8.17. The number of amides is 1. The van der Waals surface area contributed by atoms with Gasteiger partial charge in [0.2, 0.25) is 22.2 Å². The number of halogens is 1. The van der Waals surface area contributed by atoms with Gasteiger partial charge in [0.15, 0.2) is 0 Å². The van der Waals surface area contributed by atoms with E-state index in [1.165, 1.54) is 31.5 Å². The molecule has 1 fully saturated rings. The van der Waals surface area contributed by atoms with E-state index in [2.05, 4.69) is 9.97 Å². The van der Waals surface area contributed by atoms with Crippen molar-refractivity contribution in [1.29, 1.82) is 0 Å². The molecular weight excluding hydrogens is 394 g/mol. The largest absolute Gasteiger partial charge is 0.495 e. The normalized spacial score (nSPS) is 14.9. The molecule has 2 aromatic rings. The van der Waals surface area contributed by atoms with E-state index < -0.39 is 9.84 Å². The van der Waals surface area contributed by atoms with Gasteiger partial charge in [-0.2, -0.15) is 4.98 Å². The Morgan fingerprint density at radius 2 is 1.96 bits per heavy atom. The summed E-state index contributed by atoms with van der Waals surface area (Å²) >= 11 is 6.03. The Hall–Kier alpha value is -2.59. The fourth-order valence-electron chi connectivity index (χ4n) is 2.70. The van der Waals surface area contributed by atoms with Gasteiger partial charge >= 0.3 is 0 Å². The lowest BCUT2D eigenvalue weighted by molar-refractivity contribution is -0.118.